The number of aromatic nitrogens is 3. The quantitative estimate of drug-likeness (QED) is 0.132. The van der Waals surface area contributed by atoms with Crippen molar-refractivity contribution in [3.63, 3.8) is 0 Å². The molecule has 8 rings (SSSR count). The minimum Gasteiger partial charge on any atom is -0.465 e. The van der Waals surface area contributed by atoms with Gasteiger partial charge in [-0.05, 0) is 114 Å². The minimum absolute atomic E-state index is 0.308. The monoisotopic (exact) mass is 646 g/mol. The molecule has 0 saturated heterocycles. The lowest BCUT2D eigenvalue weighted by molar-refractivity contribution is 0.0599. The standard InChI is InChI=1S/C27H26N2O2.C16H16N2/c1-18-12-26-21(10-11-29(26)17-19-6-4-3-5-7-19)13-22(18)15-25-24(27(30)31-2)14-23(16-28-25)20-8-9-20;1-12-9-16-14(10-15(12)17)7-8-18(16)11-13-5-3-2-4-6-13/h3-7,10-14,16,20H,8-9,15,17H2,1-2H3;2-10H,11,17H2,1H3. The molecule has 49 heavy (non-hydrogen) atoms. The predicted molar refractivity (Wildman–Crippen MR) is 199 cm³/mol. The zero-order valence-electron chi connectivity index (χ0n) is 28.4. The highest BCUT2D eigenvalue weighted by Crippen LogP contribution is 2.40. The van der Waals surface area contributed by atoms with E-state index >= 15 is 0 Å². The number of carbonyl (C=O) groups excluding carboxylic acids is 1. The van der Waals surface area contributed by atoms with Crippen LogP contribution >= 0.6 is 0 Å². The molecule has 1 aliphatic rings. The molecule has 3 heterocycles. The van der Waals surface area contributed by atoms with E-state index < -0.39 is 0 Å². The third kappa shape index (κ3) is 7.14. The van der Waals surface area contributed by atoms with Crippen LogP contribution < -0.4 is 5.73 Å². The van der Waals surface area contributed by atoms with Crippen LogP contribution in [0.1, 0.15) is 68.2 Å². The molecule has 4 aromatic carbocycles. The summed E-state index contributed by atoms with van der Waals surface area (Å²) in [5.74, 6) is 0.241. The number of nitrogens with two attached hydrogens (primary N) is 1. The fraction of sp³-hybridized carbons (Fsp3) is 0.209. The Bertz CT molecular complexity index is 2250. The molecule has 1 saturated carbocycles. The Morgan fingerprint density at radius 1 is 0.776 bits per heavy atom. The number of hydrogen-bond acceptors (Lipinski definition) is 4. The fourth-order valence-corrected chi connectivity index (χ4v) is 6.53. The highest BCUT2D eigenvalue weighted by atomic mass is 16.5. The summed E-state index contributed by atoms with van der Waals surface area (Å²) < 4.78 is 9.59. The van der Waals surface area contributed by atoms with Crippen molar-refractivity contribution >= 4 is 33.5 Å². The second-order valence-corrected chi connectivity index (χ2v) is 13.2. The first-order chi connectivity index (χ1) is 23.9. The van der Waals surface area contributed by atoms with E-state index in [0.717, 1.165) is 35.6 Å². The molecule has 6 heteroatoms. The van der Waals surface area contributed by atoms with E-state index in [0.29, 0.717) is 17.9 Å². The molecule has 0 radical (unpaired) electrons. The van der Waals surface area contributed by atoms with Crippen LogP contribution in [0.4, 0.5) is 5.69 Å². The number of aryl methyl sites for hydroxylation is 2. The normalized spacial score (nSPS) is 12.6. The third-order valence-corrected chi connectivity index (χ3v) is 9.58. The van der Waals surface area contributed by atoms with Crippen molar-refractivity contribution < 1.29 is 9.53 Å². The number of carbonyl (C=O) groups is 1. The fourth-order valence-electron chi connectivity index (χ4n) is 6.53. The molecule has 0 amide bonds. The number of rotatable bonds is 8. The summed E-state index contributed by atoms with van der Waals surface area (Å²) in [6, 6.07) is 35.9. The molecule has 0 spiro atoms. The Morgan fingerprint density at radius 2 is 1.35 bits per heavy atom. The summed E-state index contributed by atoms with van der Waals surface area (Å²) in [6.45, 7) is 5.92. The van der Waals surface area contributed by atoms with E-state index in [2.05, 4.69) is 119 Å². The van der Waals surface area contributed by atoms with Gasteiger partial charge in [-0.15, -0.1) is 0 Å². The van der Waals surface area contributed by atoms with Crippen LogP contribution in [-0.2, 0) is 24.2 Å². The van der Waals surface area contributed by atoms with Crippen molar-refractivity contribution in [3.05, 3.63) is 166 Å². The molecular formula is C43H42N4O2. The van der Waals surface area contributed by atoms with Crippen LogP contribution in [0, 0.1) is 13.8 Å². The molecule has 3 aromatic heterocycles. The van der Waals surface area contributed by atoms with Crippen molar-refractivity contribution in [1.82, 2.24) is 14.1 Å². The van der Waals surface area contributed by atoms with E-state index in [4.69, 9.17) is 10.5 Å². The maximum atomic E-state index is 12.4. The Kier molecular flexibility index (Phi) is 9.03. The van der Waals surface area contributed by atoms with Gasteiger partial charge in [-0.3, -0.25) is 4.98 Å². The number of fused-ring (bicyclic) bond motifs is 2. The van der Waals surface area contributed by atoms with Gasteiger partial charge in [0.25, 0.3) is 0 Å². The van der Waals surface area contributed by atoms with Crippen LogP contribution in [0.15, 0.2) is 122 Å². The minimum atomic E-state index is -0.308. The van der Waals surface area contributed by atoms with Crippen LogP contribution in [-0.4, -0.2) is 27.2 Å². The van der Waals surface area contributed by atoms with E-state index in [1.165, 1.54) is 64.0 Å². The molecule has 1 aliphatic carbocycles. The Labute approximate surface area is 287 Å². The molecule has 6 nitrogen and oxygen atoms in total. The number of nitrogen functional groups attached to an aromatic ring is 1. The Hall–Kier alpha value is -5.62. The average Bonchev–Trinajstić information content (AvgIpc) is 3.82. The van der Waals surface area contributed by atoms with Crippen molar-refractivity contribution in [2.24, 2.45) is 0 Å². The maximum absolute atomic E-state index is 12.4. The van der Waals surface area contributed by atoms with Crippen molar-refractivity contribution in [2.75, 3.05) is 12.8 Å². The maximum Gasteiger partial charge on any atom is 0.339 e. The summed E-state index contributed by atoms with van der Waals surface area (Å²) in [6.07, 6.45) is 9.17. The third-order valence-electron chi connectivity index (χ3n) is 9.58. The van der Waals surface area contributed by atoms with Crippen LogP contribution in [0.25, 0.3) is 21.8 Å². The van der Waals surface area contributed by atoms with Gasteiger partial charge in [-0.1, -0.05) is 60.7 Å². The zero-order valence-corrected chi connectivity index (χ0v) is 28.4. The molecule has 0 aliphatic heterocycles. The molecule has 0 atom stereocenters. The predicted octanol–water partition coefficient (Wildman–Crippen LogP) is 9.23. The van der Waals surface area contributed by atoms with Gasteiger partial charge in [0.05, 0.1) is 18.4 Å². The summed E-state index contributed by atoms with van der Waals surface area (Å²) in [5.41, 5.74) is 17.9. The van der Waals surface area contributed by atoms with E-state index in [1.54, 1.807) is 0 Å². The van der Waals surface area contributed by atoms with E-state index in [1.807, 2.05) is 30.5 Å². The number of esters is 1. The van der Waals surface area contributed by atoms with Crippen LogP contribution in [0.2, 0.25) is 0 Å². The van der Waals surface area contributed by atoms with E-state index in [9.17, 15) is 4.79 Å². The summed E-state index contributed by atoms with van der Waals surface area (Å²) in [5, 5.41) is 2.40. The second kappa shape index (κ2) is 13.9. The molecule has 2 N–H and O–H groups in total. The van der Waals surface area contributed by atoms with Gasteiger partial charge in [0.2, 0.25) is 0 Å². The average molecular weight is 647 g/mol. The van der Waals surface area contributed by atoms with Gasteiger partial charge in [0.15, 0.2) is 0 Å². The molecule has 0 unspecified atom stereocenters. The molecular weight excluding hydrogens is 604 g/mol. The zero-order chi connectivity index (χ0) is 33.9. The smallest absolute Gasteiger partial charge is 0.339 e. The number of methoxy groups -OCH3 is 1. The van der Waals surface area contributed by atoms with Gasteiger partial charge in [0, 0.05) is 60.2 Å². The van der Waals surface area contributed by atoms with Crippen molar-refractivity contribution in [2.45, 2.75) is 52.1 Å². The topological polar surface area (TPSA) is 75.1 Å². The number of nitrogens with zero attached hydrogens (tertiary/aromatic N) is 3. The Morgan fingerprint density at radius 3 is 1.92 bits per heavy atom. The first-order valence-corrected chi connectivity index (χ1v) is 16.9. The number of benzene rings is 4. The van der Waals surface area contributed by atoms with Gasteiger partial charge in [0.1, 0.15) is 0 Å². The lowest BCUT2D eigenvalue weighted by Gasteiger charge is -2.12. The number of ether oxygens (including phenoxy) is 1. The van der Waals surface area contributed by atoms with Crippen molar-refractivity contribution in [3.8, 4) is 0 Å². The van der Waals surface area contributed by atoms with Gasteiger partial charge >= 0.3 is 5.97 Å². The molecule has 0 bridgehead atoms. The molecule has 7 aromatic rings. The van der Waals surface area contributed by atoms with Gasteiger partial charge in [-0.25, -0.2) is 4.79 Å². The number of pyridine rings is 1. The van der Waals surface area contributed by atoms with Crippen LogP contribution in [0.5, 0.6) is 0 Å². The number of anilines is 1. The first-order valence-electron chi connectivity index (χ1n) is 16.9. The summed E-state index contributed by atoms with van der Waals surface area (Å²) >= 11 is 0. The van der Waals surface area contributed by atoms with Gasteiger partial charge in [-0.2, -0.15) is 0 Å². The van der Waals surface area contributed by atoms with Crippen molar-refractivity contribution in [1.29, 1.82) is 0 Å². The van der Waals surface area contributed by atoms with E-state index in [-0.39, 0.29) is 5.97 Å². The largest absolute Gasteiger partial charge is 0.465 e. The SMILES string of the molecule is COC(=O)c1cc(C2CC2)cnc1Cc1cc2ccn(Cc3ccccc3)c2cc1C.Cc1cc2c(ccn2Cc2ccccc2)cc1N. The summed E-state index contributed by atoms with van der Waals surface area (Å²) in [7, 11) is 1.43. The second-order valence-electron chi connectivity index (χ2n) is 13.2. The van der Waals surface area contributed by atoms with Crippen LogP contribution in [0.3, 0.4) is 0 Å². The highest BCUT2D eigenvalue weighted by Gasteiger charge is 2.26. The molecule has 1 fully saturated rings. The Balaban J connectivity index is 0.000000178. The molecule has 246 valence electrons. The lowest BCUT2D eigenvalue weighted by atomic mass is 9.98. The highest BCUT2D eigenvalue weighted by molar-refractivity contribution is 5.91. The number of hydrogen-bond donors (Lipinski definition) is 1. The first kappa shape index (κ1) is 32.0. The lowest BCUT2D eigenvalue weighted by Crippen LogP contribution is -2.10. The van der Waals surface area contributed by atoms with Gasteiger partial charge < -0.3 is 19.6 Å². The summed E-state index contributed by atoms with van der Waals surface area (Å²) in [4.78, 5) is 17.1.